The SMILES string of the molecule is C[C@H](C(=O)Nc1cccc(C(F)(F)F)c1)N1C(=O)c2ccccc2C1=O. The monoisotopic (exact) mass is 362 g/mol. The molecule has 1 heterocycles. The summed E-state index contributed by atoms with van der Waals surface area (Å²) in [7, 11) is 0. The molecule has 1 aliphatic heterocycles. The third-order valence-corrected chi connectivity index (χ3v) is 4.05. The molecule has 3 rings (SSSR count). The van der Waals surface area contributed by atoms with E-state index in [4.69, 9.17) is 0 Å². The van der Waals surface area contributed by atoms with Crippen LogP contribution in [0, 0.1) is 0 Å². The molecule has 0 aliphatic carbocycles. The Kier molecular flexibility index (Phi) is 4.27. The number of nitrogens with zero attached hydrogens (tertiary/aromatic N) is 1. The lowest BCUT2D eigenvalue weighted by Gasteiger charge is -2.22. The number of anilines is 1. The Morgan fingerprint density at radius 3 is 2.12 bits per heavy atom. The molecule has 0 unspecified atom stereocenters. The quantitative estimate of drug-likeness (QED) is 0.852. The lowest BCUT2D eigenvalue weighted by atomic mass is 10.1. The van der Waals surface area contributed by atoms with Crippen LogP contribution < -0.4 is 5.32 Å². The molecule has 3 amide bonds. The normalized spacial score (nSPS) is 15.0. The van der Waals surface area contributed by atoms with Crippen molar-refractivity contribution in [1.82, 2.24) is 4.90 Å². The summed E-state index contributed by atoms with van der Waals surface area (Å²) in [4.78, 5) is 37.9. The Bertz CT molecular complexity index is 874. The second kappa shape index (κ2) is 6.29. The molecule has 134 valence electrons. The summed E-state index contributed by atoms with van der Waals surface area (Å²) in [6, 6.07) is 9.09. The van der Waals surface area contributed by atoms with E-state index in [1.165, 1.54) is 25.1 Å². The Morgan fingerprint density at radius 1 is 1.00 bits per heavy atom. The van der Waals surface area contributed by atoms with Crippen LogP contribution in [0.3, 0.4) is 0 Å². The zero-order valence-electron chi connectivity index (χ0n) is 13.5. The van der Waals surface area contributed by atoms with Crippen LogP contribution >= 0.6 is 0 Å². The van der Waals surface area contributed by atoms with Gasteiger partial charge in [0, 0.05) is 5.69 Å². The van der Waals surface area contributed by atoms with Crippen molar-refractivity contribution < 1.29 is 27.6 Å². The van der Waals surface area contributed by atoms with E-state index < -0.39 is 35.5 Å². The molecule has 0 aromatic heterocycles. The van der Waals surface area contributed by atoms with Gasteiger partial charge in [0.25, 0.3) is 11.8 Å². The topological polar surface area (TPSA) is 66.5 Å². The van der Waals surface area contributed by atoms with Gasteiger partial charge in [-0.05, 0) is 37.3 Å². The van der Waals surface area contributed by atoms with Gasteiger partial charge in [-0.25, -0.2) is 0 Å². The minimum atomic E-state index is -4.55. The summed E-state index contributed by atoms with van der Waals surface area (Å²) in [5.41, 5.74) is -0.607. The van der Waals surface area contributed by atoms with E-state index in [9.17, 15) is 27.6 Å². The molecule has 0 saturated carbocycles. The van der Waals surface area contributed by atoms with Crippen molar-refractivity contribution in [2.24, 2.45) is 0 Å². The average molecular weight is 362 g/mol. The molecular formula is C18H13F3N2O3. The number of carbonyl (C=O) groups is 3. The fourth-order valence-electron chi connectivity index (χ4n) is 2.70. The number of nitrogens with one attached hydrogen (secondary N) is 1. The maximum Gasteiger partial charge on any atom is 0.416 e. The highest BCUT2D eigenvalue weighted by Crippen LogP contribution is 2.31. The van der Waals surface area contributed by atoms with Crippen molar-refractivity contribution in [3.63, 3.8) is 0 Å². The Labute approximate surface area is 146 Å². The van der Waals surface area contributed by atoms with Gasteiger partial charge in [-0.3, -0.25) is 19.3 Å². The van der Waals surface area contributed by atoms with E-state index in [-0.39, 0.29) is 16.8 Å². The van der Waals surface area contributed by atoms with Crippen molar-refractivity contribution in [1.29, 1.82) is 0 Å². The zero-order valence-corrected chi connectivity index (χ0v) is 13.5. The number of halogens is 3. The highest BCUT2D eigenvalue weighted by molar-refractivity contribution is 6.23. The van der Waals surface area contributed by atoms with E-state index in [0.29, 0.717) is 0 Å². The highest BCUT2D eigenvalue weighted by Gasteiger charge is 2.40. The molecule has 5 nitrogen and oxygen atoms in total. The smallest absolute Gasteiger partial charge is 0.324 e. The van der Waals surface area contributed by atoms with Gasteiger partial charge in [0.15, 0.2) is 0 Å². The fourth-order valence-corrected chi connectivity index (χ4v) is 2.70. The van der Waals surface area contributed by atoms with Gasteiger partial charge in [0.1, 0.15) is 6.04 Å². The Morgan fingerprint density at radius 2 is 1.58 bits per heavy atom. The van der Waals surface area contributed by atoms with E-state index in [1.54, 1.807) is 12.1 Å². The number of rotatable bonds is 3. The number of amides is 3. The molecule has 0 radical (unpaired) electrons. The van der Waals surface area contributed by atoms with Crippen molar-refractivity contribution in [3.05, 3.63) is 65.2 Å². The molecule has 8 heteroatoms. The predicted molar refractivity (Wildman–Crippen MR) is 86.5 cm³/mol. The van der Waals surface area contributed by atoms with E-state index in [0.717, 1.165) is 23.1 Å². The second-order valence-electron chi connectivity index (χ2n) is 5.77. The first kappa shape index (κ1) is 17.7. The molecule has 0 spiro atoms. The maximum atomic E-state index is 12.8. The van der Waals surface area contributed by atoms with E-state index in [2.05, 4.69) is 5.32 Å². The lowest BCUT2D eigenvalue weighted by molar-refractivity contribution is -0.137. The number of imide groups is 1. The molecule has 1 aliphatic rings. The standard InChI is InChI=1S/C18H13F3N2O3/c1-10(23-16(25)13-7-2-3-8-14(13)17(23)26)15(24)22-12-6-4-5-11(9-12)18(19,20)21/h2-10H,1H3,(H,22,24)/t10-/m1/s1. The third kappa shape index (κ3) is 3.05. The molecule has 2 aromatic carbocycles. The molecule has 2 aromatic rings. The van der Waals surface area contributed by atoms with Crippen LogP contribution in [0.5, 0.6) is 0 Å². The van der Waals surface area contributed by atoms with Crippen molar-refractivity contribution in [2.75, 3.05) is 5.32 Å². The number of fused-ring (bicyclic) bond motifs is 1. The predicted octanol–water partition coefficient (Wildman–Crippen LogP) is 3.33. The van der Waals surface area contributed by atoms with E-state index in [1.807, 2.05) is 0 Å². The first-order valence-electron chi connectivity index (χ1n) is 7.65. The summed E-state index contributed by atoms with van der Waals surface area (Å²) in [5.74, 6) is -1.99. The van der Waals surface area contributed by atoms with Crippen LogP contribution in [0.4, 0.5) is 18.9 Å². The molecule has 1 N–H and O–H groups in total. The summed E-state index contributed by atoms with van der Waals surface area (Å²) >= 11 is 0. The van der Waals surface area contributed by atoms with Gasteiger partial charge in [-0.2, -0.15) is 13.2 Å². The van der Waals surface area contributed by atoms with Gasteiger partial charge in [-0.1, -0.05) is 18.2 Å². The molecule has 0 saturated heterocycles. The minimum absolute atomic E-state index is 0.0757. The Balaban J connectivity index is 1.80. The molecule has 0 fully saturated rings. The Hall–Kier alpha value is -3.16. The van der Waals surface area contributed by atoms with Crippen LogP contribution in [0.1, 0.15) is 33.2 Å². The summed E-state index contributed by atoms with van der Waals surface area (Å²) in [6.45, 7) is 1.34. The van der Waals surface area contributed by atoms with Gasteiger partial charge in [0.05, 0.1) is 16.7 Å². The van der Waals surface area contributed by atoms with Crippen LogP contribution in [-0.2, 0) is 11.0 Å². The average Bonchev–Trinajstić information content (AvgIpc) is 2.85. The molecular weight excluding hydrogens is 349 g/mol. The number of hydrogen-bond acceptors (Lipinski definition) is 3. The van der Waals surface area contributed by atoms with Crippen LogP contribution in [0.25, 0.3) is 0 Å². The van der Waals surface area contributed by atoms with Crippen LogP contribution in [0.15, 0.2) is 48.5 Å². The lowest BCUT2D eigenvalue weighted by Crippen LogP contribution is -2.45. The van der Waals surface area contributed by atoms with Gasteiger partial charge in [0.2, 0.25) is 5.91 Å². The number of hydrogen-bond donors (Lipinski definition) is 1. The van der Waals surface area contributed by atoms with E-state index >= 15 is 0 Å². The minimum Gasteiger partial charge on any atom is -0.324 e. The number of alkyl halides is 3. The fraction of sp³-hybridized carbons (Fsp3) is 0.167. The van der Waals surface area contributed by atoms with Crippen molar-refractivity contribution >= 4 is 23.4 Å². The van der Waals surface area contributed by atoms with Gasteiger partial charge >= 0.3 is 6.18 Å². The number of carbonyl (C=O) groups excluding carboxylic acids is 3. The first-order chi connectivity index (χ1) is 12.2. The molecule has 1 atom stereocenters. The molecule has 26 heavy (non-hydrogen) atoms. The number of benzene rings is 2. The largest absolute Gasteiger partial charge is 0.416 e. The maximum absolute atomic E-state index is 12.8. The summed E-state index contributed by atoms with van der Waals surface area (Å²) in [6.07, 6.45) is -4.55. The third-order valence-electron chi connectivity index (χ3n) is 4.05. The van der Waals surface area contributed by atoms with Crippen molar-refractivity contribution in [3.8, 4) is 0 Å². The molecule has 0 bridgehead atoms. The summed E-state index contributed by atoms with van der Waals surface area (Å²) < 4.78 is 38.3. The highest BCUT2D eigenvalue weighted by atomic mass is 19.4. The first-order valence-corrected chi connectivity index (χ1v) is 7.65. The second-order valence-corrected chi connectivity index (χ2v) is 5.77. The van der Waals surface area contributed by atoms with Crippen molar-refractivity contribution in [2.45, 2.75) is 19.1 Å². The van der Waals surface area contributed by atoms with Crippen LogP contribution in [0.2, 0.25) is 0 Å². The van der Waals surface area contributed by atoms with Gasteiger partial charge in [-0.15, -0.1) is 0 Å². The van der Waals surface area contributed by atoms with Crippen LogP contribution in [-0.4, -0.2) is 28.7 Å². The van der Waals surface area contributed by atoms with Gasteiger partial charge < -0.3 is 5.32 Å². The summed E-state index contributed by atoms with van der Waals surface area (Å²) in [5, 5.41) is 2.31. The zero-order chi connectivity index (χ0) is 19.1.